The van der Waals surface area contributed by atoms with Gasteiger partial charge in [-0.1, -0.05) is 43.1 Å². The van der Waals surface area contributed by atoms with Gasteiger partial charge < -0.3 is 5.32 Å². The number of hydrogen-bond acceptors (Lipinski definition) is 1. The quantitative estimate of drug-likeness (QED) is 0.898. The van der Waals surface area contributed by atoms with Crippen LogP contribution in [0.25, 0.3) is 0 Å². The fourth-order valence-electron chi connectivity index (χ4n) is 2.08. The summed E-state index contributed by atoms with van der Waals surface area (Å²) in [4.78, 5) is 11.8. The normalized spacial score (nSPS) is 20.6. The van der Waals surface area contributed by atoms with Crippen LogP contribution in [-0.2, 0) is 11.2 Å². The van der Waals surface area contributed by atoms with Crippen molar-refractivity contribution in [1.82, 2.24) is 5.32 Å². The minimum atomic E-state index is 0.157. The highest BCUT2D eigenvalue weighted by Crippen LogP contribution is 2.51. The molecule has 1 amide bonds. The van der Waals surface area contributed by atoms with Crippen LogP contribution in [0.4, 0.5) is 0 Å². The Morgan fingerprint density at radius 1 is 1.44 bits per heavy atom. The first kappa shape index (κ1) is 13.7. The maximum atomic E-state index is 11.8. The van der Waals surface area contributed by atoms with Gasteiger partial charge >= 0.3 is 0 Å². The number of nitrogens with one attached hydrogen (secondary N) is 1. The molecule has 1 aromatic rings. The molecule has 1 saturated carbocycles. The molecule has 0 spiro atoms. The molecular formula is C14H17Cl2NO. The van der Waals surface area contributed by atoms with E-state index in [-0.39, 0.29) is 17.2 Å². The summed E-state index contributed by atoms with van der Waals surface area (Å²) < 4.78 is 0. The third-order valence-electron chi connectivity index (χ3n) is 3.54. The Morgan fingerprint density at radius 2 is 2.11 bits per heavy atom. The van der Waals surface area contributed by atoms with E-state index in [1.165, 1.54) is 0 Å². The molecule has 1 aliphatic rings. The monoisotopic (exact) mass is 285 g/mol. The van der Waals surface area contributed by atoms with E-state index in [0.717, 1.165) is 18.4 Å². The number of benzene rings is 1. The van der Waals surface area contributed by atoms with Crippen molar-refractivity contribution in [2.24, 2.45) is 11.3 Å². The van der Waals surface area contributed by atoms with Crippen molar-refractivity contribution in [3.8, 4) is 0 Å². The lowest BCUT2D eigenvalue weighted by Gasteiger charge is -2.08. The number of halogens is 2. The lowest BCUT2D eigenvalue weighted by Crippen LogP contribution is -2.28. The first-order valence-corrected chi connectivity index (χ1v) is 6.87. The summed E-state index contributed by atoms with van der Waals surface area (Å²) >= 11 is 11.9. The smallest absolute Gasteiger partial charge is 0.223 e. The number of rotatable bonds is 4. The summed E-state index contributed by atoms with van der Waals surface area (Å²) in [6.45, 7) is 4.85. The van der Waals surface area contributed by atoms with E-state index in [4.69, 9.17) is 23.2 Å². The summed E-state index contributed by atoms with van der Waals surface area (Å²) in [5.74, 6) is 0.336. The second-order valence-corrected chi connectivity index (χ2v) is 6.37. The van der Waals surface area contributed by atoms with E-state index in [1.54, 1.807) is 6.07 Å². The van der Waals surface area contributed by atoms with Crippen LogP contribution in [0.5, 0.6) is 0 Å². The molecule has 0 aromatic heterocycles. The van der Waals surface area contributed by atoms with Crippen molar-refractivity contribution >= 4 is 29.1 Å². The van der Waals surface area contributed by atoms with Gasteiger partial charge in [-0.05, 0) is 36.0 Å². The van der Waals surface area contributed by atoms with E-state index in [0.29, 0.717) is 16.6 Å². The number of carbonyl (C=O) groups is 1. The summed E-state index contributed by atoms with van der Waals surface area (Å²) in [5, 5.41) is 4.25. The summed E-state index contributed by atoms with van der Waals surface area (Å²) in [6.07, 6.45) is 1.72. The molecule has 4 heteroatoms. The molecule has 1 aromatic carbocycles. The molecule has 0 saturated heterocycles. The molecule has 2 nitrogen and oxygen atoms in total. The summed E-state index contributed by atoms with van der Waals surface area (Å²) in [6, 6.07) is 5.44. The van der Waals surface area contributed by atoms with Crippen molar-refractivity contribution in [3.63, 3.8) is 0 Å². The molecule has 0 radical (unpaired) electrons. The fraction of sp³-hybridized carbons (Fsp3) is 0.500. The average Bonchev–Trinajstić information content (AvgIpc) is 2.91. The molecule has 2 rings (SSSR count). The van der Waals surface area contributed by atoms with Gasteiger partial charge in [0.2, 0.25) is 5.91 Å². The van der Waals surface area contributed by atoms with Gasteiger partial charge in [0.1, 0.15) is 0 Å². The van der Waals surface area contributed by atoms with E-state index in [2.05, 4.69) is 19.2 Å². The Morgan fingerprint density at radius 3 is 2.67 bits per heavy atom. The second kappa shape index (κ2) is 5.10. The maximum absolute atomic E-state index is 11.8. The third-order valence-corrected chi connectivity index (χ3v) is 4.13. The Labute approximate surface area is 118 Å². The Balaban J connectivity index is 1.80. The lowest BCUT2D eigenvalue weighted by molar-refractivity contribution is -0.122. The third kappa shape index (κ3) is 3.18. The number of amides is 1. The van der Waals surface area contributed by atoms with E-state index >= 15 is 0 Å². The van der Waals surface area contributed by atoms with Gasteiger partial charge in [0.25, 0.3) is 0 Å². The highest BCUT2D eigenvalue weighted by molar-refractivity contribution is 6.35. The van der Waals surface area contributed by atoms with Crippen LogP contribution in [-0.4, -0.2) is 12.5 Å². The zero-order valence-corrected chi connectivity index (χ0v) is 12.1. The Bertz CT molecular complexity index is 471. The molecule has 0 heterocycles. The van der Waals surface area contributed by atoms with Crippen molar-refractivity contribution in [1.29, 1.82) is 0 Å². The first-order valence-electron chi connectivity index (χ1n) is 6.12. The van der Waals surface area contributed by atoms with Crippen LogP contribution in [0.1, 0.15) is 25.8 Å². The van der Waals surface area contributed by atoms with Gasteiger partial charge in [0.15, 0.2) is 0 Å². The standard InChI is InChI=1S/C14H17Cl2NO/c1-14(2)8-11(14)13(18)17-6-5-9-3-4-10(15)7-12(9)16/h3-4,7,11H,5-6,8H2,1-2H3,(H,17,18). The SMILES string of the molecule is CC1(C)CC1C(=O)NCCc1ccc(Cl)cc1Cl. The predicted molar refractivity (Wildman–Crippen MR) is 75.1 cm³/mol. The zero-order valence-electron chi connectivity index (χ0n) is 10.6. The molecule has 1 aliphatic carbocycles. The number of carbonyl (C=O) groups excluding carboxylic acids is 1. The van der Waals surface area contributed by atoms with Gasteiger partial charge in [-0.25, -0.2) is 0 Å². The largest absolute Gasteiger partial charge is 0.356 e. The molecule has 1 N–H and O–H groups in total. The predicted octanol–water partition coefficient (Wildman–Crippen LogP) is 3.70. The van der Waals surface area contributed by atoms with Gasteiger partial charge in [-0.2, -0.15) is 0 Å². The molecule has 1 atom stereocenters. The minimum Gasteiger partial charge on any atom is -0.356 e. The molecule has 0 aliphatic heterocycles. The average molecular weight is 286 g/mol. The Hall–Kier alpha value is -0.730. The zero-order chi connectivity index (χ0) is 13.3. The van der Waals surface area contributed by atoms with Gasteiger partial charge in [-0.3, -0.25) is 4.79 Å². The van der Waals surface area contributed by atoms with Crippen LogP contribution in [0.3, 0.4) is 0 Å². The molecule has 0 bridgehead atoms. The van der Waals surface area contributed by atoms with E-state index < -0.39 is 0 Å². The van der Waals surface area contributed by atoms with Crippen LogP contribution in [0, 0.1) is 11.3 Å². The highest BCUT2D eigenvalue weighted by Gasteiger charge is 2.50. The first-order chi connectivity index (χ1) is 8.40. The number of hydrogen-bond donors (Lipinski definition) is 1. The fourth-order valence-corrected chi connectivity index (χ4v) is 2.59. The van der Waals surface area contributed by atoms with Crippen molar-refractivity contribution < 1.29 is 4.79 Å². The highest BCUT2D eigenvalue weighted by atomic mass is 35.5. The maximum Gasteiger partial charge on any atom is 0.223 e. The van der Waals surface area contributed by atoms with Crippen molar-refractivity contribution in [2.75, 3.05) is 6.54 Å². The molecule has 18 heavy (non-hydrogen) atoms. The minimum absolute atomic E-state index is 0.157. The van der Waals surface area contributed by atoms with Crippen LogP contribution in [0.2, 0.25) is 10.0 Å². The van der Waals surface area contributed by atoms with Gasteiger partial charge in [0.05, 0.1) is 0 Å². The van der Waals surface area contributed by atoms with Gasteiger partial charge in [0, 0.05) is 22.5 Å². The lowest BCUT2D eigenvalue weighted by atomic mass is 10.1. The summed E-state index contributed by atoms with van der Waals surface area (Å²) in [7, 11) is 0. The van der Waals surface area contributed by atoms with Crippen LogP contribution >= 0.6 is 23.2 Å². The molecule has 1 fully saturated rings. The van der Waals surface area contributed by atoms with Crippen molar-refractivity contribution in [2.45, 2.75) is 26.7 Å². The van der Waals surface area contributed by atoms with Crippen molar-refractivity contribution in [3.05, 3.63) is 33.8 Å². The topological polar surface area (TPSA) is 29.1 Å². The Kier molecular flexibility index (Phi) is 3.88. The summed E-state index contributed by atoms with van der Waals surface area (Å²) in [5.41, 5.74) is 1.19. The van der Waals surface area contributed by atoms with E-state index in [9.17, 15) is 4.79 Å². The molecule has 1 unspecified atom stereocenters. The van der Waals surface area contributed by atoms with Crippen LogP contribution in [0.15, 0.2) is 18.2 Å². The van der Waals surface area contributed by atoms with Gasteiger partial charge in [-0.15, -0.1) is 0 Å². The second-order valence-electron chi connectivity index (χ2n) is 5.52. The van der Waals surface area contributed by atoms with E-state index in [1.807, 2.05) is 12.1 Å². The molecule has 98 valence electrons. The molecular weight excluding hydrogens is 269 g/mol. The van der Waals surface area contributed by atoms with Crippen LogP contribution < -0.4 is 5.32 Å².